The van der Waals surface area contributed by atoms with E-state index in [4.69, 9.17) is 0 Å². The van der Waals surface area contributed by atoms with E-state index in [1.807, 2.05) is 18.4 Å². The van der Waals surface area contributed by atoms with Crippen LogP contribution in [0.25, 0.3) is 0 Å². The van der Waals surface area contributed by atoms with Gasteiger partial charge in [-0.25, -0.2) is 0 Å². The average Bonchev–Trinajstić information content (AvgIpc) is 3.15. The van der Waals surface area contributed by atoms with Gasteiger partial charge in [-0.15, -0.1) is 11.3 Å². The first-order chi connectivity index (χ1) is 10.2. The van der Waals surface area contributed by atoms with Gasteiger partial charge in [0.1, 0.15) is 0 Å². The highest BCUT2D eigenvalue weighted by Crippen LogP contribution is 2.27. The van der Waals surface area contributed by atoms with Crippen molar-refractivity contribution in [1.82, 2.24) is 15.5 Å². The Balaban J connectivity index is 1.92. The molecule has 5 heteroatoms. The van der Waals surface area contributed by atoms with E-state index in [0.29, 0.717) is 12.0 Å². The molecular weight excluding hydrogens is 280 g/mol. The van der Waals surface area contributed by atoms with Crippen LogP contribution < -0.4 is 10.6 Å². The van der Waals surface area contributed by atoms with Crippen LogP contribution in [-0.2, 0) is 0 Å². The zero-order chi connectivity index (χ0) is 15.1. The van der Waals surface area contributed by atoms with E-state index in [1.54, 1.807) is 0 Å². The molecule has 2 heterocycles. The Morgan fingerprint density at radius 3 is 2.57 bits per heavy atom. The van der Waals surface area contributed by atoms with Crippen LogP contribution in [0, 0.1) is 5.92 Å². The zero-order valence-corrected chi connectivity index (χ0v) is 14.2. The van der Waals surface area contributed by atoms with E-state index in [1.165, 1.54) is 30.8 Å². The molecule has 1 aromatic heterocycles. The normalized spacial score (nSPS) is 18.2. The van der Waals surface area contributed by atoms with Crippen molar-refractivity contribution in [3.05, 3.63) is 22.4 Å². The summed E-state index contributed by atoms with van der Waals surface area (Å²) in [7, 11) is 1.84. The van der Waals surface area contributed by atoms with Gasteiger partial charge in [0.25, 0.3) is 0 Å². The Bertz CT molecular complexity index is 421. The minimum atomic E-state index is 0.463. The fourth-order valence-corrected chi connectivity index (χ4v) is 3.52. The highest BCUT2D eigenvalue weighted by Gasteiger charge is 2.24. The maximum atomic E-state index is 4.32. The molecule has 21 heavy (non-hydrogen) atoms. The molecule has 2 N–H and O–H groups in total. The summed E-state index contributed by atoms with van der Waals surface area (Å²) in [6, 6.07) is 4.86. The lowest BCUT2D eigenvalue weighted by Gasteiger charge is -2.27. The van der Waals surface area contributed by atoms with Crippen LogP contribution >= 0.6 is 11.3 Å². The largest absolute Gasteiger partial charge is 0.356 e. The number of aliphatic imine (C=N–C) groups is 1. The smallest absolute Gasteiger partial charge is 0.191 e. The van der Waals surface area contributed by atoms with Crippen LogP contribution in [0.3, 0.4) is 0 Å². The summed E-state index contributed by atoms with van der Waals surface area (Å²) in [6.07, 6.45) is 2.64. The van der Waals surface area contributed by atoms with E-state index in [0.717, 1.165) is 19.0 Å². The van der Waals surface area contributed by atoms with Crippen molar-refractivity contribution >= 4 is 17.3 Å². The maximum absolute atomic E-state index is 4.32. The van der Waals surface area contributed by atoms with E-state index in [-0.39, 0.29) is 0 Å². The van der Waals surface area contributed by atoms with Gasteiger partial charge >= 0.3 is 0 Å². The number of likely N-dealkylation sites (tertiary alicyclic amines) is 1. The molecule has 0 saturated carbocycles. The molecule has 2 rings (SSSR count). The van der Waals surface area contributed by atoms with Crippen LogP contribution in [0.4, 0.5) is 0 Å². The van der Waals surface area contributed by atoms with E-state index in [2.05, 4.69) is 51.9 Å². The summed E-state index contributed by atoms with van der Waals surface area (Å²) in [5.74, 6) is 1.53. The Kier molecular flexibility index (Phi) is 6.51. The Hall–Kier alpha value is -1.07. The third-order valence-electron chi connectivity index (χ3n) is 3.82. The third kappa shape index (κ3) is 5.00. The molecule has 0 aliphatic carbocycles. The monoisotopic (exact) mass is 308 g/mol. The van der Waals surface area contributed by atoms with Crippen molar-refractivity contribution in [1.29, 1.82) is 0 Å². The minimum Gasteiger partial charge on any atom is -0.356 e. The van der Waals surface area contributed by atoms with Crippen molar-refractivity contribution < 1.29 is 0 Å². The van der Waals surface area contributed by atoms with Gasteiger partial charge in [0, 0.05) is 25.0 Å². The molecule has 1 aromatic rings. The first kappa shape index (κ1) is 16.3. The predicted molar refractivity (Wildman–Crippen MR) is 92.1 cm³/mol. The molecule has 1 aliphatic heterocycles. The van der Waals surface area contributed by atoms with Gasteiger partial charge in [-0.3, -0.25) is 9.89 Å². The molecule has 0 amide bonds. The number of rotatable bonds is 6. The minimum absolute atomic E-state index is 0.463. The second kappa shape index (κ2) is 8.39. The van der Waals surface area contributed by atoms with Gasteiger partial charge in [0.05, 0.1) is 6.04 Å². The van der Waals surface area contributed by atoms with Gasteiger partial charge < -0.3 is 10.6 Å². The predicted octanol–water partition coefficient (Wildman–Crippen LogP) is 2.71. The Morgan fingerprint density at radius 1 is 1.29 bits per heavy atom. The summed E-state index contributed by atoms with van der Waals surface area (Å²) < 4.78 is 0. The molecular formula is C16H28N4S. The highest BCUT2D eigenvalue weighted by atomic mass is 32.1. The first-order valence-corrected chi connectivity index (χ1v) is 8.80. The van der Waals surface area contributed by atoms with E-state index in [9.17, 15) is 0 Å². The van der Waals surface area contributed by atoms with Gasteiger partial charge in [0.15, 0.2) is 5.96 Å². The topological polar surface area (TPSA) is 39.7 Å². The summed E-state index contributed by atoms with van der Waals surface area (Å²) in [5, 5.41) is 9.05. The molecule has 1 atom stereocenters. The molecule has 0 spiro atoms. The van der Waals surface area contributed by atoms with Crippen LogP contribution in [0.2, 0.25) is 0 Å². The van der Waals surface area contributed by atoms with Crippen LogP contribution in [-0.4, -0.2) is 44.1 Å². The summed E-state index contributed by atoms with van der Waals surface area (Å²) in [4.78, 5) is 8.36. The Labute approximate surface area is 132 Å². The summed E-state index contributed by atoms with van der Waals surface area (Å²) in [6.45, 7) is 8.70. The molecule has 118 valence electrons. The number of guanidine groups is 1. The molecule has 1 aliphatic rings. The van der Waals surface area contributed by atoms with Gasteiger partial charge in [0.2, 0.25) is 0 Å². The number of hydrogen-bond donors (Lipinski definition) is 2. The quantitative estimate of drug-likeness (QED) is 0.627. The molecule has 1 fully saturated rings. The van der Waals surface area contributed by atoms with Gasteiger partial charge in [-0.2, -0.15) is 0 Å². The Morgan fingerprint density at radius 2 is 2.00 bits per heavy atom. The number of thiophene rings is 1. The number of nitrogens with zero attached hydrogens (tertiary/aromatic N) is 2. The lowest BCUT2D eigenvalue weighted by Crippen LogP contribution is -2.43. The molecule has 0 radical (unpaired) electrons. The molecule has 0 bridgehead atoms. The van der Waals surface area contributed by atoms with Crippen molar-refractivity contribution in [3.8, 4) is 0 Å². The number of nitrogens with one attached hydrogen (secondary N) is 2. The molecule has 1 saturated heterocycles. The summed E-state index contributed by atoms with van der Waals surface area (Å²) >= 11 is 1.85. The first-order valence-electron chi connectivity index (χ1n) is 7.92. The van der Waals surface area contributed by atoms with Crippen LogP contribution in [0.15, 0.2) is 22.5 Å². The second-order valence-electron chi connectivity index (χ2n) is 6.00. The zero-order valence-electron chi connectivity index (χ0n) is 13.4. The molecule has 4 nitrogen and oxygen atoms in total. The van der Waals surface area contributed by atoms with E-state index < -0.39 is 0 Å². The number of hydrogen-bond acceptors (Lipinski definition) is 3. The van der Waals surface area contributed by atoms with Crippen LogP contribution in [0.1, 0.15) is 37.6 Å². The molecule has 1 unspecified atom stereocenters. The lowest BCUT2D eigenvalue weighted by atomic mass is 10.2. The standard InChI is InChI=1S/C16H28N4S/c1-13(2)11-18-16(17-3)19-12-14(15-7-6-10-21-15)20-8-4-5-9-20/h6-7,10,13-14H,4-5,8-9,11-12H2,1-3H3,(H2,17,18,19). The molecule has 0 aromatic carbocycles. The highest BCUT2D eigenvalue weighted by molar-refractivity contribution is 7.10. The van der Waals surface area contributed by atoms with Gasteiger partial charge in [-0.1, -0.05) is 19.9 Å². The van der Waals surface area contributed by atoms with E-state index >= 15 is 0 Å². The van der Waals surface area contributed by atoms with Gasteiger partial charge in [-0.05, 0) is 43.3 Å². The van der Waals surface area contributed by atoms with Crippen molar-refractivity contribution in [3.63, 3.8) is 0 Å². The SMILES string of the molecule is CN=C(NCC(C)C)NCC(c1cccs1)N1CCCC1. The third-order valence-corrected chi connectivity index (χ3v) is 4.79. The fraction of sp³-hybridized carbons (Fsp3) is 0.688. The van der Waals surface area contributed by atoms with Crippen molar-refractivity contribution in [2.45, 2.75) is 32.7 Å². The van der Waals surface area contributed by atoms with Crippen LogP contribution in [0.5, 0.6) is 0 Å². The second-order valence-corrected chi connectivity index (χ2v) is 6.98. The van der Waals surface area contributed by atoms with Crippen molar-refractivity contribution in [2.75, 3.05) is 33.2 Å². The fourth-order valence-electron chi connectivity index (χ4n) is 2.66. The maximum Gasteiger partial charge on any atom is 0.191 e. The summed E-state index contributed by atoms with van der Waals surface area (Å²) in [5.41, 5.74) is 0. The lowest BCUT2D eigenvalue weighted by molar-refractivity contribution is 0.249. The van der Waals surface area contributed by atoms with Crippen molar-refractivity contribution in [2.24, 2.45) is 10.9 Å². The average molecular weight is 308 g/mol.